The number of carboxylic acids is 1. The summed E-state index contributed by atoms with van der Waals surface area (Å²) in [5.74, 6) is 0.351. The van der Waals surface area contributed by atoms with Gasteiger partial charge in [-0.3, -0.25) is 4.79 Å². The lowest BCUT2D eigenvalue weighted by Crippen LogP contribution is -2.44. The summed E-state index contributed by atoms with van der Waals surface area (Å²) >= 11 is 0. The third kappa shape index (κ3) is 2.74. The Morgan fingerprint density at radius 3 is 2.50 bits per heavy atom. The van der Waals surface area contributed by atoms with Gasteiger partial charge in [0.1, 0.15) is 11.5 Å². The van der Waals surface area contributed by atoms with Crippen molar-refractivity contribution in [2.45, 2.75) is 25.0 Å². The van der Waals surface area contributed by atoms with Crippen molar-refractivity contribution in [3.05, 3.63) is 77.6 Å². The van der Waals surface area contributed by atoms with Gasteiger partial charge in [-0.05, 0) is 49.2 Å². The van der Waals surface area contributed by atoms with E-state index in [-0.39, 0.29) is 23.7 Å². The number of nitrogens with zero attached hydrogens (tertiary/aromatic N) is 1. The summed E-state index contributed by atoms with van der Waals surface area (Å²) < 4.78 is 6.08. The van der Waals surface area contributed by atoms with Crippen LogP contribution in [0.25, 0.3) is 11.3 Å². The van der Waals surface area contributed by atoms with Gasteiger partial charge in [0.05, 0.1) is 11.1 Å². The standard InChI is InChI=1S/C22H18N2O4/c25-21-16-3-1-2-4-17(16)23-20(24(21)15-9-10-15)19-12-11-18(28-19)13-5-7-14(8-6-13)22(26)27/h1-8,11-12,15,20,23H,9-10H2,(H,26,27). The van der Waals surface area contributed by atoms with Crippen molar-refractivity contribution in [2.24, 2.45) is 0 Å². The maximum Gasteiger partial charge on any atom is 0.335 e. The Hall–Kier alpha value is -3.54. The molecule has 2 N–H and O–H groups in total. The van der Waals surface area contributed by atoms with Gasteiger partial charge in [0.25, 0.3) is 5.91 Å². The van der Waals surface area contributed by atoms with E-state index in [1.165, 1.54) is 0 Å². The first kappa shape index (κ1) is 16.6. The summed E-state index contributed by atoms with van der Waals surface area (Å²) in [6, 6.07) is 18.0. The SMILES string of the molecule is O=C(O)c1ccc(-c2ccc(C3Nc4ccccc4C(=O)N3C3CC3)o2)cc1. The first-order chi connectivity index (χ1) is 13.6. The molecule has 6 nitrogen and oxygen atoms in total. The van der Waals surface area contributed by atoms with Gasteiger partial charge in [-0.25, -0.2) is 4.79 Å². The molecule has 3 aromatic rings. The van der Waals surface area contributed by atoms with E-state index < -0.39 is 5.97 Å². The van der Waals surface area contributed by atoms with Crippen molar-refractivity contribution < 1.29 is 19.1 Å². The number of carboxylic acid groups (broad SMARTS) is 1. The van der Waals surface area contributed by atoms with Crippen LogP contribution in [0.1, 0.15) is 45.5 Å². The average Bonchev–Trinajstić information content (AvgIpc) is 3.43. The summed E-state index contributed by atoms with van der Waals surface area (Å²) in [6.45, 7) is 0. The van der Waals surface area contributed by atoms with Crippen LogP contribution in [0.3, 0.4) is 0 Å². The van der Waals surface area contributed by atoms with Crippen LogP contribution in [0.2, 0.25) is 0 Å². The van der Waals surface area contributed by atoms with E-state index in [4.69, 9.17) is 9.52 Å². The minimum absolute atomic E-state index is 0.0191. The number of para-hydroxylation sites is 1. The molecule has 1 aliphatic heterocycles. The molecule has 1 saturated carbocycles. The number of furan rings is 1. The molecule has 1 amide bonds. The first-order valence-electron chi connectivity index (χ1n) is 9.23. The molecule has 5 rings (SSSR count). The van der Waals surface area contributed by atoms with E-state index in [9.17, 15) is 9.59 Å². The number of fused-ring (bicyclic) bond motifs is 1. The highest BCUT2D eigenvalue weighted by atomic mass is 16.4. The number of aromatic carboxylic acids is 1. The van der Waals surface area contributed by atoms with Crippen molar-refractivity contribution in [3.63, 3.8) is 0 Å². The second-order valence-corrected chi connectivity index (χ2v) is 7.12. The molecule has 1 fully saturated rings. The van der Waals surface area contributed by atoms with Crippen LogP contribution < -0.4 is 5.32 Å². The third-order valence-corrected chi connectivity index (χ3v) is 5.22. The average molecular weight is 374 g/mol. The van der Waals surface area contributed by atoms with Crippen LogP contribution in [-0.2, 0) is 0 Å². The topological polar surface area (TPSA) is 82.8 Å². The highest BCUT2D eigenvalue weighted by molar-refractivity contribution is 6.02. The molecule has 1 aliphatic carbocycles. The van der Waals surface area contributed by atoms with E-state index in [0.717, 1.165) is 24.1 Å². The molecule has 0 radical (unpaired) electrons. The lowest BCUT2D eigenvalue weighted by molar-refractivity contribution is 0.0644. The molecule has 140 valence electrons. The fraction of sp³-hybridized carbons (Fsp3) is 0.182. The Bertz CT molecular complexity index is 1070. The Labute approximate surface area is 161 Å². The molecule has 2 aliphatic rings. The summed E-state index contributed by atoms with van der Waals surface area (Å²) in [6.07, 6.45) is 1.63. The minimum Gasteiger partial charge on any atom is -0.478 e. The van der Waals surface area contributed by atoms with E-state index in [1.54, 1.807) is 24.3 Å². The lowest BCUT2D eigenvalue weighted by atomic mass is 10.1. The molecule has 1 unspecified atom stereocenters. The number of benzene rings is 2. The van der Waals surface area contributed by atoms with E-state index in [1.807, 2.05) is 41.3 Å². The van der Waals surface area contributed by atoms with Gasteiger partial charge in [-0.1, -0.05) is 24.3 Å². The van der Waals surface area contributed by atoms with Crippen molar-refractivity contribution >= 4 is 17.6 Å². The fourth-order valence-electron chi connectivity index (χ4n) is 3.64. The summed E-state index contributed by atoms with van der Waals surface area (Å²) in [4.78, 5) is 25.9. The molecule has 2 heterocycles. The molecule has 1 atom stereocenters. The number of carbonyl (C=O) groups excluding carboxylic acids is 1. The normalized spacial score (nSPS) is 18.5. The molecule has 2 aromatic carbocycles. The monoisotopic (exact) mass is 374 g/mol. The van der Waals surface area contributed by atoms with E-state index >= 15 is 0 Å². The van der Waals surface area contributed by atoms with E-state index in [2.05, 4.69) is 5.32 Å². The van der Waals surface area contributed by atoms with E-state index in [0.29, 0.717) is 17.1 Å². The molecule has 1 aromatic heterocycles. The number of rotatable bonds is 4. The molecule has 6 heteroatoms. The molecule has 0 saturated heterocycles. The van der Waals surface area contributed by atoms with Crippen molar-refractivity contribution in [1.82, 2.24) is 4.90 Å². The second kappa shape index (κ2) is 6.27. The fourth-order valence-corrected chi connectivity index (χ4v) is 3.64. The third-order valence-electron chi connectivity index (χ3n) is 5.22. The van der Waals surface area contributed by atoms with Crippen LogP contribution in [-0.4, -0.2) is 27.9 Å². The number of hydrogen-bond donors (Lipinski definition) is 2. The molecule has 0 bridgehead atoms. The van der Waals surface area contributed by atoms with Gasteiger partial charge < -0.3 is 19.7 Å². The zero-order valence-corrected chi connectivity index (χ0v) is 15.0. The lowest BCUT2D eigenvalue weighted by Gasteiger charge is -2.37. The zero-order chi connectivity index (χ0) is 19.3. The van der Waals surface area contributed by atoms with Crippen LogP contribution in [0.5, 0.6) is 0 Å². The van der Waals surface area contributed by atoms with Crippen molar-refractivity contribution in [2.75, 3.05) is 5.32 Å². The van der Waals surface area contributed by atoms with Crippen LogP contribution in [0.15, 0.2) is 65.1 Å². The van der Waals surface area contributed by atoms with Crippen molar-refractivity contribution in [3.8, 4) is 11.3 Å². The van der Waals surface area contributed by atoms with Gasteiger partial charge >= 0.3 is 5.97 Å². The highest BCUT2D eigenvalue weighted by Crippen LogP contribution is 2.41. The Balaban J connectivity index is 1.49. The first-order valence-corrected chi connectivity index (χ1v) is 9.23. The van der Waals surface area contributed by atoms with Crippen LogP contribution >= 0.6 is 0 Å². The number of amides is 1. The molecule has 28 heavy (non-hydrogen) atoms. The molecule has 0 spiro atoms. The quantitative estimate of drug-likeness (QED) is 0.708. The largest absolute Gasteiger partial charge is 0.478 e. The molecular formula is C22H18N2O4. The Morgan fingerprint density at radius 1 is 1.04 bits per heavy atom. The predicted molar refractivity (Wildman–Crippen MR) is 103 cm³/mol. The van der Waals surface area contributed by atoms with Gasteiger partial charge in [0.15, 0.2) is 6.17 Å². The smallest absolute Gasteiger partial charge is 0.335 e. The van der Waals surface area contributed by atoms with Crippen LogP contribution in [0, 0.1) is 0 Å². The Kier molecular flexibility index (Phi) is 3.72. The van der Waals surface area contributed by atoms with Gasteiger partial charge in [-0.15, -0.1) is 0 Å². The number of hydrogen-bond acceptors (Lipinski definition) is 4. The number of carbonyl (C=O) groups is 2. The van der Waals surface area contributed by atoms with Gasteiger partial charge in [0.2, 0.25) is 0 Å². The molecular weight excluding hydrogens is 356 g/mol. The summed E-state index contributed by atoms with van der Waals surface area (Å²) in [5.41, 5.74) is 2.50. The van der Waals surface area contributed by atoms with Gasteiger partial charge in [-0.2, -0.15) is 0 Å². The second-order valence-electron chi connectivity index (χ2n) is 7.12. The summed E-state index contributed by atoms with van der Waals surface area (Å²) in [5, 5.41) is 12.5. The van der Waals surface area contributed by atoms with Gasteiger partial charge in [0, 0.05) is 17.3 Å². The minimum atomic E-state index is -0.963. The number of nitrogens with one attached hydrogen (secondary N) is 1. The maximum absolute atomic E-state index is 13.0. The maximum atomic E-state index is 13.0. The van der Waals surface area contributed by atoms with Crippen LogP contribution in [0.4, 0.5) is 5.69 Å². The Morgan fingerprint density at radius 2 is 1.79 bits per heavy atom. The zero-order valence-electron chi connectivity index (χ0n) is 15.0. The number of anilines is 1. The van der Waals surface area contributed by atoms with Crippen molar-refractivity contribution in [1.29, 1.82) is 0 Å². The predicted octanol–water partition coefficient (Wildman–Crippen LogP) is 4.37. The highest BCUT2D eigenvalue weighted by Gasteiger charge is 2.43. The summed E-state index contributed by atoms with van der Waals surface area (Å²) in [7, 11) is 0.